The largest absolute Gasteiger partial charge is 0.496 e. The van der Waals surface area contributed by atoms with Gasteiger partial charge < -0.3 is 14.8 Å². The van der Waals surface area contributed by atoms with Crippen LogP contribution in [0.3, 0.4) is 0 Å². The van der Waals surface area contributed by atoms with Gasteiger partial charge in [0.15, 0.2) is 0 Å². The molecule has 3 atom stereocenters. The molecule has 0 radical (unpaired) electrons. The van der Waals surface area contributed by atoms with Crippen molar-refractivity contribution in [1.82, 2.24) is 20.2 Å². The molecule has 0 unspecified atom stereocenters. The van der Waals surface area contributed by atoms with E-state index in [2.05, 4.69) is 26.3 Å². The third-order valence-electron chi connectivity index (χ3n) is 5.42. The van der Waals surface area contributed by atoms with Gasteiger partial charge in [0.05, 0.1) is 26.0 Å². The number of nitrogens with zero attached hydrogens (tertiary/aromatic N) is 3. The molecule has 2 aromatic rings. The zero-order chi connectivity index (χ0) is 18.6. The van der Waals surface area contributed by atoms with Gasteiger partial charge in [0.2, 0.25) is 0 Å². The smallest absolute Gasteiger partial charge is 0.271 e. The van der Waals surface area contributed by atoms with Crippen LogP contribution in [0.4, 0.5) is 0 Å². The number of likely N-dealkylation sites (tertiary alicyclic amines) is 1. The molecule has 2 fully saturated rings. The van der Waals surface area contributed by atoms with Gasteiger partial charge in [0.1, 0.15) is 11.4 Å². The standard InChI is InChI=1S/C20H24N4O3/c1-26-18-5-3-2-4-14(18)10-24-11-16-15(13-27-19(16)12-24)8-23-20(25)17-9-21-6-7-22-17/h2-7,9,15-16,19H,8,10-13H2,1H3,(H,23,25)/t15-,16-,19-/m0/s1. The molecule has 4 rings (SSSR count). The molecule has 2 saturated heterocycles. The summed E-state index contributed by atoms with van der Waals surface area (Å²) in [6.07, 6.45) is 4.80. The Hall–Kier alpha value is -2.51. The zero-order valence-electron chi connectivity index (χ0n) is 15.4. The van der Waals surface area contributed by atoms with E-state index in [1.807, 2.05) is 18.2 Å². The predicted octanol–water partition coefficient (Wildman–Crippen LogP) is 1.36. The van der Waals surface area contributed by atoms with Crippen LogP contribution in [0.5, 0.6) is 5.75 Å². The van der Waals surface area contributed by atoms with Gasteiger partial charge in [-0.1, -0.05) is 18.2 Å². The van der Waals surface area contributed by atoms with Gasteiger partial charge in [0, 0.05) is 56.0 Å². The van der Waals surface area contributed by atoms with E-state index in [0.29, 0.717) is 30.7 Å². The van der Waals surface area contributed by atoms with Gasteiger partial charge in [-0.05, 0) is 6.07 Å². The molecule has 27 heavy (non-hydrogen) atoms. The quantitative estimate of drug-likeness (QED) is 0.830. The number of carbonyl (C=O) groups excluding carboxylic acids is 1. The number of hydrogen-bond donors (Lipinski definition) is 1. The Kier molecular flexibility index (Phi) is 5.31. The number of fused-ring (bicyclic) bond motifs is 1. The van der Waals surface area contributed by atoms with Crippen LogP contribution < -0.4 is 10.1 Å². The number of methoxy groups -OCH3 is 1. The number of para-hydroxylation sites is 1. The highest BCUT2D eigenvalue weighted by molar-refractivity contribution is 5.91. The van der Waals surface area contributed by atoms with Crippen molar-refractivity contribution in [3.63, 3.8) is 0 Å². The first-order valence-electron chi connectivity index (χ1n) is 9.24. The van der Waals surface area contributed by atoms with Crippen molar-refractivity contribution in [2.24, 2.45) is 11.8 Å². The number of nitrogens with one attached hydrogen (secondary N) is 1. The summed E-state index contributed by atoms with van der Waals surface area (Å²) >= 11 is 0. The molecule has 1 amide bonds. The molecule has 1 aromatic heterocycles. The predicted molar refractivity (Wildman–Crippen MR) is 99.4 cm³/mol. The van der Waals surface area contributed by atoms with Gasteiger partial charge in [-0.15, -0.1) is 0 Å². The summed E-state index contributed by atoms with van der Waals surface area (Å²) in [4.78, 5) is 22.6. The fourth-order valence-electron chi connectivity index (χ4n) is 4.02. The average molecular weight is 368 g/mol. The Morgan fingerprint density at radius 3 is 3.04 bits per heavy atom. The van der Waals surface area contributed by atoms with Gasteiger partial charge in [0.25, 0.3) is 5.91 Å². The number of amides is 1. The van der Waals surface area contributed by atoms with E-state index in [0.717, 1.165) is 25.4 Å². The van der Waals surface area contributed by atoms with Gasteiger partial charge in [-0.25, -0.2) is 4.98 Å². The van der Waals surface area contributed by atoms with Crippen LogP contribution in [0.25, 0.3) is 0 Å². The minimum atomic E-state index is -0.185. The van der Waals surface area contributed by atoms with E-state index < -0.39 is 0 Å². The Labute approximate surface area is 158 Å². The second-order valence-electron chi connectivity index (χ2n) is 7.10. The first-order chi connectivity index (χ1) is 13.2. The molecule has 1 aromatic carbocycles. The lowest BCUT2D eigenvalue weighted by molar-refractivity contribution is 0.0900. The Morgan fingerprint density at radius 2 is 2.22 bits per heavy atom. The topological polar surface area (TPSA) is 76.6 Å². The second-order valence-corrected chi connectivity index (χ2v) is 7.10. The Bertz CT molecular complexity index is 786. The summed E-state index contributed by atoms with van der Waals surface area (Å²) in [7, 11) is 1.70. The maximum atomic E-state index is 12.2. The van der Waals surface area contributed by atoms with E-state index in [1.54, 1.807) is 13.3 Å². The first kappa shape index (κ1) is 17.9. The maximum absolute atomic E-state index is 12.2. The summed E-state index contributed by atoms with van der Waals surface area (Å²) in [6, 6.07) is 8.12. The number of aromatic nitrogens is 2. The summed E-state index contributed by atoms with van der Waals surface area (Å²) < 4.78 is 11.5. The van der Waals surface area contributed by atoms with Gasteiger partial charge >= 0.3 is 0 Å². The lowest BCUT2D eigenvalue weighted by Crippen LogP contribution is -2.34. The molecule has 0 saturated carbocycles. The van der Waals surface area contributed by atoms with E-state index >= 15 is 0 Å². The van der Waals surface area contributed by atoms with Crippen LogP contribution in [0, 0.1) is 11.8 Å². The van der Waals surface area contributed by atoms with Crippen molar-refractivity contribution >= 4 is 5.91 Å². The molecule has 0 aliphatic carbocycles. The highest BCUT2D eigenvalue weighted by Crippen LogP contribution is 2.34. The highest BCUT2D eigenvalue weighted by atomic mass is 16.5. The third-order valence-corrected chi connectivity index (χ3v) is 5.42. The van der Waals surface area contributed by atoms with E-state index in [9.17, 15) is 4.79 Å². The molecule has 2 aliphatic rings. The molecular weight excluding hydrogens is 344 g/mol. The lowest BCUT2D eigenvalue weighted by Gasteiger charge is -2.20. The maximum Gasteiger partial charge on any atom is 0.271 e. The van der Waals surface area contributed by atoms with Crippen LogP contribution >= 0.6 is 0 Å². The number of hydrogen-bond acceptors (Lipinski definition) is 6. The van der Waals surface area contributed by atoms with Gasteiger partial charge in [-0.2, -0.15) is 0 Å². The fraction of sp³-hybridized carbons (Fsp3) is 0.450. The van der Waals surface area contributed by atoms with Crippen LogP contribution in [0.2, 0.25) is 0 Å². The number of rotatable bonds is 6. The fourth-order valence-corrected chi connectivity index (χ4v) is 4.02. The van der Waals surface area contributed by atoms with E-state index in [-0.39, 0.29) is 12.0 Å². The van der Waals surface area contributed by atoms with E-state index in [4.69, 9.17) is 9.47 Å². The molecule has 7 nitrogen and oxygen atoms in total. The van der Waals surface area contributed by atoms with Crippen LogP contribution in [-0.2, 0) is 11.3 Å². The monoisotopic (exact) mass is 368 g/mol. The minimum Gasteiger partial charge on any atom is -0.496 e. The third kappa shape index (κ3) is 3.94. The average Bonchev–Trinajstić information content (AvgIpc) is 3.27. The number of ether oxygens (including phenoxy) is 2. The molecule has 2 aliphatic heterocycles. The van der Waals surface area contributed by atoms with Gasteiger partial charge in [-0.3, -0.25) is 14.7 Å². The summed E-state index contributed by atoms with van der Waals surface area (Å²) in [5.41, 5.74) is 1.53. The van der Waals surface area contributed by atoms with Crippen LogP contribution in [0.15, 0.2) is 42.9 Å². The molecule has 7 heteroatoms. The summed E-state index contributed by atoms with van der Waals surface area (Å²) in [5, 5.41) is 2.98. The lowest BCUT2D eigenvalue weighted by atomic mass is 9.93. The first-order valence-corrected chi connectivity index (χ1v) is 9.24. The van der Waals surface area contributed by atoms with Crippen molar-refractivity contribution in [3.05, 3.63) is 54.1 Å². The second kappa shape index (κ2) is 8.02. The minimum absolute atomic E-state index is 0.185. The molecule has 3 heterocycles. The SMILES string of the molecule is COc1ccccc1CN1C[C@H]2[C@@H](CNC(=O)c3cnccn3)CO[C@H]2C1. The van der Waals surface area contributed by atoms with E-state index in [1.165, 1.54) is 18.0 Å². The normalized spacial score (nSPS) is 24.6. The van der Waals surface area contributed by atoms with Crippen LogP contribution in [-0.4, -0.2) is 60.2 Å². The summed E-state index contributed by atoms with van der Waals surface area (Å²) in [5.74, 6) is 1.49. The zero-order valence-corrected chi connectivity index (χ0v) is 15.4. The number of carbonyl (C=O) groups is 1. The van der Waals surface area contributed by atoms with Crippen molar-refractivity contribution in [1.29, 1.82) is 0 Å². The van der Waals surface area contributed by atoms with Crippen molar-refractivity contribution < 1.29 is 14.3 Å². The highest BCUT2D eigenvalue weighted by Gasteiger charge is 2.43. The summed E-state index contributed by atoms with van der Waals surface area (Å²) in [6.45, 7) is 4.02. The molecule has 1 N–H and O–H groups in total. The van der Waals surface area contributed by atoms with Crippen molar-refractivity contribution in [3.8, 4) is 5.75 Å². The molecule has 142 valence electrons. The number of benzene rings is 1. The Balaban J connectivity index is 1.32. The molecule has 0 bridgehead atoms. The van der Waals surface area contributed by atoms with Crippen LogP contribution in [0.1, 0.15) is 16.1 Å². The molecular formula is C20H24N4O3. The molecule has 0 spiro atoms. The van der Waals surface area contributed by atoms with Crippen molar-refractivity contribution in [2.45, 2.75) is 12.6 Å². The Morgan fingerprint density at radius 1 is 1.33 bits per heavy atom. The van der Waals surface area contributed by atoms with Crippen molar-refractivity contribution in [2.75, 3.05) is 33.4 Å².